The van der Waals surface area contributed by atoms with E-state index in [-0.39, 0.29) is 29.8 Å². The average Bonchev–Trinajstić information content (AvgIpc) is 2.74. The molecule has 5 rings (SSSR count). The monoisotopic (exact) mass is 449 g/mol. The van der Waals surface area contributed by atoms with Gasteiger partial charge in [0.25, 0.3) is 0 Å². The van der Waals surface area contributed by atoms with E-state index in [1.807, 2.05) is 18.9 Å². The van der Waals surface area contributed by atoms with Gasteiger partial charge in [-0.3, -0.25) is 4.79 Å². The van der Waals surface area contributed by atoms with Crippen LogP contribution in [0.15, 0.2) is 12.4 Å². The molecule has 3 aliphatic rings. The zero-order chi connectivity index (χ0) is 22.6. The second-order valence-corrected chi connectivity index (χ2v) is 8.34. The van der Waals surface area contributed by atoms with Crippen LogP contribution in [0.2, 0.25) is 0 Å². The maximum atomic E-state index is 12.6. The number of carbonyl (C=O) groups excluding carboxylic acids is 1. The van der Waals surface area contributed by atoms with E-state index in [2.05, 4.69) is 25.3 Å². The first-order valence-corrected chi connectivity index (χ1v) is 10.5. The maximum absolute atomic E-state index is 12.6. The lowest BCUT2D eigenvalue weighted by atomic mass is 9.89. The van der Waals surface area contributed by atoms with Gasteiger partial charge < -0.3 is 19.9 Å². The number of amides is 1. The summed E-state index contributed by atoms with van der Waals surface area (Å²) in [5.74, 6) is 0.340. The molecule has 2 aromatic rings. The number of ether oxygens (including phenoxy) is 1. The van der Waals surface area contributed by atoms with Gasteiger partial charge in [0.2, 0.25) is 17.7 Å². The van der Waals surface area contributed by atoms with E-state index in [0.717, 1.165) is 42.4 Å². The van der Waals surface area contributed by atoms with Crippen LogP contribution in [0.4, 0.5) is 30.6 Å². The average molecular weight is 449 g/mol. The Labute approximate surface area is 182 Å². The van der Waals surface area contributed by atoms with Gasteiger partial charge in [-0.15, -0.1) is 0 Å². The molecule has 2 aromatic heterocycles. The number of aryl methyl sites for hydroxylation is 1. The summed E-state index contributed by atoms with van der Waals surface area (Å²) in [5, 5.41) is 3.32. The Morgan fingerprint density at radius 3 is 2.59 bits per heavy atom. The summed E-state index contributed by atoms with van der Waals surface area (Å²) >= 11 is 0. The van der Waals surface area contributed by atoms with Crippen molar-refractivity contribution in [1.82, 2.24) is 19.9 Å². The molecule has 4 heterocycles. The minimum Gasteiger partial charge on any atom is -0.487 e. The summed E-state index contributed by atoms with van der Waals surface area (Å²) in [6.07, 6.45) is 0.292. The second-order valence-electron chi connectivity index (χ2n) is 8.34. The van der Waals surface area contributed by atoms with E-state index < -0.39 is 12.0 Å². The molecule has 0 bridgehead atoms. The highest BCUT2D eigenvalue weighted by molar-refractivity contribution is 6.05. The number of hydrogen-bond acceptors (Lipinski definition) is 8. The Bertz CT molecular complexity index is 1040. The van der Waals surface area contributed by atoms with E-state index in [0.29, 0.717) is 25.3 Å². The van der Waals surface area contributed by atoms with Crippen LogP contribution in [-0.2, 0) is 17.4 Å². The minimum absolute atomic E-state index is 0.0662. The lowest BCUT2D eigenvalue weighted by molar-refractivity contribution is -0.145. The highest BCUT2D eigenvalue weighted by Gasteiger charge is 2.40. The van der Waals surface area contributed by atoms with Gasteiger partial charge in [-0.25, -0.2) is 15.0 Å². The molecule has 1 N–H and O–H groups in total. The first kappa shape index (κ1) is 20.7. The SMILES string of the molecule is C[C@H]1C(=O)N2CCCc3nc(N[C@H]4C[C@H](Oc5cnc(C(F)(F)F)nc5)C4)nc(c32)N1C. The minimum atomic E-state index is -4.58. The number of anilines is 3. The van der Waals surface area contributed by atoms with Gasteiger partial charge in [-0.05, 0) is 19.8 Å². The Balaban J connectivity index is 1.24. The van der Waals surface area contributed by atoms with Gasteiger partial charge in [-0.1, -0.05) is 0 Å². The lowest BCUT2D eigenvalue weighted by Crippen LogP contribution is -2.53. The van der Waals surface area contributed by atoms with Gasteiger partial charge in [-0.2, -0.15) is 18.2 Å². The molecule has 0 radical (unpaired) electrons. The third-order valence-electron chi connectivity index (χ3n) is 6.15. The number of likely N-dealkylation sites (N-methyl/N-ethyl adjacent to an activating group) is 1. The molecule has 12 heteroatoms. The highest BCUT2D eigenvalue weighted by Crippen LogP contribution is 2.40. The Kier molecular flexibility index (Phi) is 4.82. The summed E-state index contributed by atoms with van der Waals surface area (Å²) in [7, 11) is 1.86. The molecule has 1 aliphatic carbocycles. The lowest BCUT2D eigenvalue weighted by Gasteiger charge is -2.42. The Morgan fingerprint density at radius 1 is 1.19 bits per heavy atom. The molecule has 0 saturated heterocycles. The number of hydrogen-bond donors (Lipinski definition) is 1. The van der Waals surface area contributed by atoms with Gasteiger partial charge >= 0.3 is 6.18 Å². The molecule has 9 nitrogen and oxygen atoms in total. The quantitative estimate of drug-likeness (QED) is 0.761. The van der Waals surface area contributed by atoms with Gasteiger partial charge in [0, 0.05) is 32.5 Å². The molecule has 0 aromatic carbocycles. The van der Waals surface area contributed by atoms with E-state index >= 15 is 0 Å². The predicted octanol–water partition coefficient (Wildman–Crippen LogP) is 2.42. The fraction of sp³-hybridized carbons (Fsp3) is 0.550. The van der Waals surface area contributed by atoms with Crippen molar-refractivity contribution in [3.63, 3.8) is 0 Å². The molecular weight excluding hydrogens is 427 g/mol. The molecule has 0 spiro atoms. The van der Waals surface area contributed by atoms with Crippen molar-refractivity contribution < 1.29 is 22.7 Å². The van der Waals surface area contributed by atoms with Crippen molar-refractivity contribution in [2.24, 2.45) is 0 Å². The molecule has 32 heavy (non-hydrogen) atoms. The number of alkyl halides is 3. The van der Waals surface area contributed by atoms with Gasteiger partial charge in [0.05, 0.1) is 18.1 Å². The van der Waals surface area contributed by atoms with Crippen LogP contribution >= 0.6 is 0 Å². The van der Waals surface area contributed by atoms with E-state index in [1.54, 1.807) is 4.90 Å². The topological polar surface area (TPSA) is 96.4 Å². The van der Waals surface area contributed by atoms with Crippen molar-refractivity contribution in [3.8, 4) is 5.75 Å². The van der Waals surface area contributed by atoms with Gasteiger partial charge in [0.1, 0.15) is 17.8 Å². The fourth-order valence-electron chi connectivity index (χ4n) is 4.24. The predicted molar refractivity (Wildman–Crippen MR) is 109 cm³/mol. The number of aromatic nitrogens is 4. The summed E-state index contributed by atoms with van der Waals surface area (Å²) in [5.41, 5.74) is 1.68. The fourth-order valence-corrected chi connectivity index (χ4v) is 4.24. The van der Waals surface area contributed by atoms with Crippen molar-refractivity contribution >= 4 is 23.4 Å². The molecule has 0 unspecified atom stereocenters. The molecule has 1 atom stereocenters. The third kappa shape index (κ3) is 3.56. The van der Waals surface area contributed by atoms with Crippen molar-refractivity contribution in [2.45, 2.75) is 57.0 Å². The van der Waals surface area contributed by atoms with Crippen molar-refractivity contribution in [1.29, 1.82) is 0 Å². The number of halogens is 3. The smallest absolute Gasteiger partial charge is 0.451 e. The second kappa shape index (κ2) is 7.45. The van der Waals surface area contributed by atoms with Crippen LogP contribution in [0.1, 0.15) is 37.7 Å². The van der Waals surface area contributed by atoms with E-state index in [9.17, 15) is 18.0 Å². The molecule has 1 saturated carbocycles. The van der Waals surface area contributed by atoms with Crippen LogP contribution in [0.5, 0.6) is 5.75 Å². The van der Waals surface area contributed by atoms with Crippen LogP contribution in [0, 0.1) is 0 Å². The van der Waals surface area contributed by atoms with Crippen molar-refractivity contribution in [2.75, 3.05) is 28.7 Å². The summed E-state index contributed by atoms with van der Waals surface area (Å²) in [6.45, 7) is 2.55. The summed E-state index contributed by atoms with van der Waals surface area (Å²) in [4.78, 5) is 32.2. The number of nitrogens with one attached hydrogen (secondary N) is 1. The van der Waals surface area contributed by atoms with E-state index in [4.69, 9.17) is 4.74 Å². The zero-order valence-electron chi connectivity index (χ0n) is 17.6. The molecule has 2 aliphatic heterocycles. The highest BCUT2D eigenvalue weighted by atomic mass is 19.4. The Hall–Kier alpha value is -3.18. The van der Waals surface area contributed by atoms with Crippen LogP contribution in [0.3, 0.4) is 0 Å². The van der Waals surface area contributed by atoms with Crippen LogP contribution < -0.4 is 19.9 Å². The number of rotatable bonds is 4. The summed E-state index contributed by atoms with van der Waals surface area (Å²) < 4.78 is 43.3. The number of carbonyl (C=O) groups is 1. The normalized spacial score (nSPS) is 24.7. The first-order valence-electron chi connectivity index (χ1n) is 10.5. The molecular formula is C20H22F3N7O2. The Morgan fingerprint density at radius 2 is 1.91 bits per heavy atom. The largest absolute Gasteiger partial charge is 0.487 e. The maximum Gasteiger partial charge on any atom is 0.451 e. The van der Waals surface area contributed by atoms with Crippen LogP contribution in [-0.4, -0.2) is 57.6 Å². The summed E-state index contributed by atoms with van der Waals surface area (Å²) in [6, 6.07) is -0.211. The molecule has 1 amide bonds. The van der Waals surface area contributed by atoms with E-state index in [1.165, 1.54) is 0 Å². The zero-order valence-corrected chi connectivity index (χ0v) is 17.6. The first-order chi connectivity index (χ1) is 15.2. The van der Waals surface area contributed by atoms with Crippen LogP contribution in [0.25, 0.3) is 0 Å². The number of nitrogens with zero attached hydrogens (tertiary/aromatic N) is 6. The standard InChI is InChI=1S/C20H22F3N7O2/c1-10-17(31)30-5-3-4-14-15(30)16(29(10)2)28-19(27-14)26-11-6-12(7-11)32-13-8-24-18(25-9-13)20(21,22)23/h8-12H,3-7H2,1-2H3,(H,26,27,28)/t10-,11-,12-/m0/s1. The molecule has 170 valence electrons. The van der Waals surface area contributed by atoms with Gasteiger partial charge in [0.15, 0.2) is 11.6 Å². The molecule has 1 fully saturated rings. The third-order valence-corrected chi connectivity index (χ3v) is 6.15. The van der Waals surface area contributed by atoms with Crippen molar-refractivity contribution in [3.05, 3.63) is 23.9 Å².